The molecule has 37 heavy (non-hydrogen) atoms. The van der Waals surface area contributed by atoms with Gasteiger partial charge in [-0.3, -0.25) is 29.4 Å². The third-order valence-corrected chi connectivity index (χ3v) is 6.28. The van der Waals surface area contributed by atoms with Crippen LogP contribution in [0.3, 0.4) is 0 Å². The quantitative estimate of drug-likeness (QED) is 0.222. The lowest BCUT2D eigenvalue weighted by Crippen LogP contribution is -2.36. The average Bonchev–Trinajstić information content (AvgIpc) is 3.12. The normalized spacial score (nSPS) is 14.2. The first-order chi connectivity index (χ1) is 17.7. The SMILES string of the molecule is O=C(CN1C(=O)S/C(=C\c2ccc(OCc3cccc([N+](=O)[O-])c3)c(Cl)c2)C1=O)Nc1ccc(F)cc1. The summed E-state index contributed by atoms with van der Waals surface area (Å²) in [7, 11) is 0. The number of ether oxygens (including phenoxy) is 1. The van der Waals surface area contributed by atoms with Crippen molar-refractivity contribution in [2.75, 3.05) is 11.9 Å². The number of hydrogen-bond acceptors (Lipinski definition) is 7. The molecule has 3 aromatic carbocycles. The number of amides is 3. The van der Waals surface area contributed by atoms with Crippen molar-refractivity contribution < 1.29 is 28.4 Å². The molecule has 188 valence electrons. The smallest absolute Gasteiger partial charge is 0.294 e. The number of rotatable bonds is 8. The first-order valence-corrected chi connectivity index (χ1v) is 11.9. The fourth-order valence-electron chi connectivity index (χ4n) is 3.31. The van der Waals surface area contributed by atoms with Crippen LogP contribution in [-0.4, -0.2) is 33.4 Å². The average molecular weight is 542 g/mol. The molecule has 1 fully saturated rings. The number of nitrogens with zero attached hydrogens (tertiary/aromatic N) is 2. The van der Waals surface area contributed by atoms with Gasteiger partial charge in [0.05, 0.1) is 14.9 Å². The maximum atomic E-state index is 13.0. The van der Waals surface area contributed by atoms with Crippen LogP contribution in [0.4, 0.5) is 20.6 Å². The Kier molecular flexibility index (Phi) is 7.85. The highest BCUT2D eigenvalue weighted by molar-refractivity contribution is 8.18. The van der Waals surface area contributed by atoms with Crippen LogP contribution >= 0.6 is 23.4 Å². The maximum absolute atomic E-state index is 13.0. The van der Waals surface area contributed by atoms with Crippen molar-refractivity contribution >= 4 is 57.9 Å². The molecular weight excluding hydrogens is 525 g/mol. The monoisotopic (exact) mass is 541 g/mol. The summed E-state index contributed by atoms with van der Waals surface area (Å²) in [6, 6.07) is 15.8. The number of carbonyl (C=O) groups excluding carboxylic acids is 3. The molecule has 0 atom stereocenters. The number of halogens is 2. The van der Waals surface area contributed by atoms with Gasteiger partial charge in [-0.25, -0.2) is 4.39 Å². The van der Waals surface area contributed by atoms with E-state index in [1.807, 2.05) is 0 Å². The van der Waals surface area contributed by atoms with Crippen LogP contribution in [0.5, 0.6) is 5.75 Å². The van der Waals surface area contributed by atoms with E-state index in [1.54, 1.807) is 30.3 Å². The van der Waals surface area contributed by atoms with Gasteiger partial charge in [0.15, 0.2) is 0 Å². The Labute approximate surface area is 219 Å². The Morgan fingerprint density at radius 1 is 1.14 bits per heavy atom. The van der Waals surface area contributed by atoms with Gasteiger partial charge in [-0.15, -0.1) is 0 Å². The third kappa shape index (κ3) is 6.51. The summed E-state index contributed by atoms with van der Waals surface area (Å²) in [5.74, 6) is -1.37. The molecule has 9 nitrogen and oxygen atoms in total. The van der Waals surface area contributed by atoms with E-state index in [-0.39, 0.29) is 22.2 Å². The number of non-ortho nitro benzene ring substituents is 1. The summed E-state index contributed by atoms with van der Waals surface area (Å²) in [5.41, 5.74) is 1.39. The van der Waals surface area contributed by atoms with Gasteiger partial charge in [-0.1, -0.05) is 29.8 Å². The Bertz CT molecular complexity index is 1430. The van der Waals surface area contributed by atoms with Crippen LogP contribution in [0.25, 0.3) is 6.08 Å². The molecule has 1 saturated heterocycles. The zero-order chi connectivity index (χ0) is 26.5. The van der Waals surface area contributed by atoms with Gasteiger partial charge >= 0.3 is 0 Å². The minimum absolute atomic E-state index is 0.0515. The summed E-state index contributed by atoms with van der Waals surface area (Å²) in [5, 5.41) is 13.1. The van der Waals surface area contributed by atoms with Crippen LogP contribution in [0, 0.1) is 15.9 Å². The number of imide groups is 1. The molecule has 0 unspecified atom stereocenters. The minimum Gasteiger partial charge on any atom is -0.487 e. The lowest BCUT2D eigenvalue weighted by molar-refractivity contribution is -0.384. The zero-order valence-electron chi connectivity index (χ0n) is 18.9. The van der Waals surface area contributed by atoms with Crippen molar-refractivity contribution in [3.05, 3.63) is 104 Å². The van der Waals surface area contributed by atoms with Gasteiger partial charge in [0.25, 0.3) is 16.8 Å². The van der Waals surface area contributed by atoms with Crippen molar-refractivity contribution in [2.24, 2.45) is 0 Å². The number of thioether (sulfide) groups is 1. The first-order valence-electron chi connectivity index (χ1n) is 10.7. The lowest BCUT2D eigenvalue weighted by Gasteiger charge is -2.12. The highest BCUT2D eigenvalue weighted by Crippen LogP contribution is 2.34. The highest BCUT2D eigenvalue weighted by Gasteiger charge is 2.36. The Morgan fingerprint density at radius 2 is 1.89 bits per heavy atom. The van der Waals surface area contributed by atoms with E-state index in [1.165, 1.54) is 42.5 Å². The van der Waals surface area contributed by atoms with Crippen molar-refractivity contribution in [2.45, 2.75) is 6.61 Å². The van der Waals surface area contributed by atoms with E-state index in [4.69, 9.17) is 16.3 Å². The van der Waals surface area contributed by atoms with Crippen molar-refractivity contribution in [1.82, 2.24) is 4.90 Å². The lowest BCUT2D eigenvalue weighted by atomic mass is 10.2. The van der Waals surface area contributed by atoms with Gasteiger partial charge in [0.1, 0.15) is 24.7 Å². The van der Waals surface area contributed by atoms with Crippen LogP contribution in [0.1, 0.15) is 11.1 Å². The molecule has 1 aliphatic heterocycles. The predicted molar refractivity (Wildman–Crippen MR) is 137 cm³/mol. The van der Waals surface area contributed by atoms with Crippen molar-refractivity contribution in [1.29, 1.82) is 0 Å². The van der Waals surface area contributed by atoms with E-state index in [0.29, 0.717) is 34.3 Å². The van der Waals surface area contributed by atoms with Gasteiger partial charge in [0, 0.05) is 17.8 Å². The minimum atomic E-state index is -0.633. The first kappa shape index (κ1) is 25.9. The second kappa shape index (κ2) is 11.2. The largest absolute Gasteiger partial charge is 0.487 e. The standard InChI is InChI=1S/C25H17ClFN3O6S/c26-20-11-15(4-9-21(20)36-14-16-2-1-3-19(10-16)30(34)35)12-22-24(32)29(25(33)37-22)13-23(31)28-18-7-5-17(27)6-8-18/h1-12H,13-14H2,(H,28,31)/b22-12-. The van der Waals surface area contributed by atoms with Gasteiger partial charge in [0.2, 0.25) is 5.91 Å². The van der Waals surface area contributed by atoms with Gasteiger partial charge < -0.3 is 10.1 Å². The maximum Gasteiger partial charge on any atom is 0.294 e. The molecule has 1 N–H and O–H groups in total. The number of nitro benzene ring substituents is 1. The molecule has 0 aromatic heterocycles. The molecule has 3 aromatic rings. The fraction of sp³-hybridized carbons (Fsp3) is 0.0800. The molecule has 0 aliphatic carbocycles. The molecule has 0 radical (unpaired) electrons. The van der Waals surface area contributed by atoms with E-state index in [0.717, 1.165) is 4.90 Å². The Morgan fingerprint density at radius 3 is 2.59 bits per heavy atom. The molecule has 3 amide bonds. The number of benzene rings is 3. The third-order valence-electron chi connectivity index (χ3n) is 5.07. The molecule has 12 heteroatoms. The number of hydrogen-bond donors (Lipinski definition) is 1. The molecule has 0 bridgehead atoms. The molecular formula is C25H17ClFN3O6S. The molecule has 0 saturated carbocycles. The number of anilines is 1. The molecule has 1 heterocycles. The Hall–Kier alpha value is -4.22. The van der Waals surface area contributed by atoms with Crippen LogP contribution in [0.15, 0.2) is 71.6 Å². The van der Waals surface area contributed by atoms with E-state index in [2.05, 4.69) is 5.32 Å². The summed E-state index contributed by atoms with van der Waals surface area (Å²) < 4.78 is 18.7. The summed E-state index contributed by atoms with van der Waals surface area (Å²) in [6.07, 6.45) is 1.47. The second-order valence-corrected chi connectivity index (χ2v) is 9.13. The summed E-state index contributed by atoms with van der Waals surface area (Å²) >= 11 is 6.99. The molecule has 1 aliphatic rings. The van der Waals surface area contributed by atoms with Crippen LogP contribution < -0.4 is 10.1 Å². The number of nitrogens with one attached hydrogen (secondary N) is 1. The predicted octanol–water partition coefficient (Wildman–Crippen LogP) is 5.64. The number of nitro groups is 1. The van der Waals surface area contributed by atoms with Crippen LogP contribution in [-0.2, 0) is 16.2 Å². The molecule has 0 spiro atoms. The fourth-order valence-corrected chi connectivity index (χ4v) is 4.39. The van der Waals surface area contributed by atoms with Gasteiger partial charge in [-0.05, 0) is 65.4 Å². The summed E-state index contributed by atoms with van der Waals surface area (Å²) in [4.78, 5) is 48.7. The Balaban J connectivity index is 1.39. The van der Waals surface area contributed by atoms with E-state index < -0.39 is 34.3 Å². The van der Waals surface area contributed by atoms with Gasteiger partial charge in [-0.2, -0.15) is 0 Å². The zero-order valence-corrected chi connectivity index (χ0v) is 20.4. The number of carbonyl (C=O) groups is 3. The second-order valence-electron chi connectivity index (χ2n) is 7.73. The summed E-state index contributed by atoms with van der Waals surface area (Å²) in [6.45, 7) is -0.440. The topological polar surface area (TPSA) is 119 Å². The van der Waals surface area contributed by atoms with Crippen molar-refractivity contribution in [3.63, 3.8) is 0 Å². The highest BCUT2D eigenvalue weighted by atomic mass is 35.5. The van der Waals surface area contributed by atoms with E-state index in [9.17, 15) is 28.9 Å². The van der Waals surface area contributed by atoms with Crippen molar-refractivity contribution in [3.8, 4) is 5.75 Å². The van der Waals surface area contributed by atoms with E-state index >= 15 is 0 Å². The molecule has 4 rings (SSSR count). The van der Waals surface area contributed by atoms with Crippen LogP contribution in [0.2, 0.25) is 5.02 Å².